The van der Waals surface area contributed by atoms with Gasteiger partial charge in [-0.15, -0.1) is 6.58 Å². The molecule has 0 bridgehead atoms. The third-order valence-electron chi connectivity index (χ3n) is 1.38. The molecular formula is C11H24. The van der Waals surface area contributed by atoms with Crippen molar-refractivity contribution in [2.45, 2.75) is 59.8 Å². The van der Waals surface area contributed by atoms with Crippen LogP contribution < -0.4 is 0 Å². The molecule has 0 saturated carbocycles. The molecule has 0 aliphatic rings. The highest BCUT2D eigenvalue weighted by molar-refractivity contribution is 4.86. The Balaban J connectivity index is 0. The number of allylic oxidation sites excluding steroid dienone is 1. The predicted octanol–water partition coefficient (Wildman–Crippen LogP) is 4.56. The lowest BCUT2D eigenvalue weighted by molar-refractivity contribution is 0.772. The maximum atomic E-state index is 3.74. The van der Waals surface area contributed by atoms with Gasteiger partial charge in [0.2, 0.25) is 0 Å². The predicted molar refractivity (Wildman–Crippen MR) is 54.9 cm³/mol. The number of rotatable bonds is 4. The van der Waals surface area contributed by atoms with Crippen LogP contribution in [0.5, 0.6) is 0 Å². The first-order chi connectivity index (χ1) is 5.18. The topological polar surface area (TPSA) is 0 Å². The molecule has 0 aliphatic carbocycles. The van der Waals surface area contributed by atoms with Crippen molar-refractivity contribution in [3.8, 4) is 0 Å². The van der Waals surface area contributed by atoms with E-state index in [9.17, 15) is 0 Å². The van der Waals surface area contributed by atoms with Crippen LogP contribution >= 0.6 is 0 Å². The van der Waals surface area contributed by atoms with Crippen LogP contribution in [0, 0.1) is 0 Å². The van der Waals surface area contributed by atoms with Gasteiger partial charge in [-0.2, -0.15) is 0 Å². The monoisotopic (exact) mass is 156 g/mol. The maximum Gasteiger partial charge on any atom is -0.0328 e. The fraction of sp³-hybridized carbons (Fsp3) is 0.818. The van der Waals surface area contributed by atoms with Gasteiger partial charge in [-0.25, -0.2) is 0 Å². The molecular weight excluding hydrogens is 132 g/mol. The zero-order chi connectivity index (χ0) is 9.11. The lowest BCUT2D eigenvalue weighted by Gasteiger charge is -1.87. The average molecular weight is 156 g/mol. The average Bonchev–Trinajstić information content (AvgIpc) is 1.90. The Hall–Kier alpha value is -0.260. The highest BCUT2D eigenvalue weighted by Crippen LogP contribution is 1.96. The second kappa shape index (κ2) is 12.4. The Bertz CT molecular complexity index is 70.1. The Morgan fingerprint density at radius 2 is 1.45 bits per heavy atom. The standard InChI is InChI=1S/C6H12.C5H12/c1-4-5-6(2)3;1-3-5-4-2/h2,4-5H2,1,3H3;3-5H2,1-2H3. The van der Waals surface area contributed by atoms with Gasteiger partial charge in [-0.3, -0.25) is 0 Å². The summed E-state index contributed by atoms with van der Waals surface area (Å²) in [5.41, 5.74) is 1.29. The zero-order valence-electron chi connectivity index (χ0n) is 8.74. The molecule has 0 spiro atoms. The van der Waals surface area contributed by atoms with Crippen molar-refractivity contribution in [1.82, 2.24) is 0 Å². The van der Waals surface area contributed by atoms with Crippen LogP contribution in [0.15, 0.2) is 12.2 Å². The molecule has 0 aromatic heterocycles. The van der Waals surface area contributed by atoms with Crippen LogP contribution in [0.3, 0.4) is 0 Å². The van der Waals surface area contributed by atoms with E-state index in [2.05, 4.69) is 34.3 Å². The normalized spacial score (nSPS) is 8.36. The first-order valence-electron chi connectivity index (χ1n) is 4.83. The van der Waals surface area contributed by atoms with E-state index in [1.165, 1.54) is 37.7 Å². The SMILES string of the molecule is C=C(C)CCC.CCCCC. The summed E-state index contributed by atoms with van der Waals surface area (Å²) >= 11 is 0. The van der Waals surface area contributed by atoms with Crippen LogP contribution in [0.4, 0.5) is 0 Å². The minimum absolute atomic E-state index is 1.18. The Labute approximate surface area is 72.7 Å². The lowest BCUT2D eigenvalue weighted by Crippen LogP contribution is -1.66. The smallest absolute Gasteiger partial charge is 0.0328 e. The summed E-state index contributed by atoms with van der Waals surface area (Å²) in [6, 6.07) is 0. The molecule has 0 aromatic carbocycles. The number of hydrogen-bond donors (Lipinski definition) is 0. The van der Waals surface area contributed by atoms with E-state index in [1.54, 1.807) is 0 Å². The number of unbranched alkanes of at least 4 members (excludes halogenated alkanes) is 2. The summed E-state index contributed by atoms with van der Waals surface area (Å²) in [7, 11) is 0. The van der Waals surface area contributed by atoms with E-state index in [-0.39, 0.29) is 0 Å². The van der Waals surface area contributed by atoms with E-state index >= 15 is 0 Å². The molecule has 0 unspecified atom stereocenters. The summed E-state index contributed by atoms with van der Waals surface area (Å²) in [5, 5.41) is 0. The third kappa shape index (κ3) is 26.0. The molecule has 0 aromatic rings. The van der Waals surface area contributed by atoms with Crippen molar-refractivity contribution >= 4 is 0 Å². The van der Waals surface area contributed by atoms with E-state index in [1.807, 2.05) is 0 Å². The molecule has 0 nitrogen and oxygen atoms in total. The molecule has 0 atom stereocenters. The van der Waals surface area contributed by atoms with Gasteiger partial charge in [-0.05, 0) is 13.3 Å². The summed E-state index contributed by atoms with van der Waals surface area (Å²) < 4.78 is 0. The molecule has 0 heterocycles. The summed E-state index contributed by atoms with van der Waals surface area (Å²) in [4.78, 5) is 0. The van der Waals surface area contributed by atoms with E-state index < -0.39 is 0 Å². The highest BCUT2D eigenvalue weighted by Gasteiger charge is 1.76. The Morgan fingerprint density at radius 3 is 1.45 bits per heavy atom. The second-order valence-electron chi connectivity index (χ2n) is 3.06. The molecule has 0 amide bonds. The van der Waals surface area contributed by atoms with Crippen molar-refractivity contribution in [3.05, 3.63) is 12.2 Å². The van der Waals surface area contributed by atoms with Crippen molar-refractivity contribution in [1.29, 1.82) is 0 Å². The van der Waals surface area contributed by atoms with Crippen LogP contribution in [-0.4, -0.2) is 0 Å². The van der Waals surface area contributed by atoms with Gasteiger partial charge in [0.25, 0.3) is 0 Å². The van der Waals surface area contributed by atoms with Crippen LogP contribution in [-0.2, 0) is 0 Å². The van der Waals surface area contributed by atoms with Crippen molar-refractivity contribution in [3.63, 3.8) is 0 Å². The third-order valence-corrected chi connectivity index (χ3v) is 1.38. The van der Waals surface area contributed by atoms with Gasteiger partial charge in [-0.1, -0.05) is 52.0 Å². The second-order valence-corrected chi connectivity index (χ2v) is 3.06. The minimum Gasteiger partial charge on any atom is -0.100 e. The van der Waals surface area contributed by atoms with Gasteiger partial charge in [0, 0.05) is 0 Å². The fourth-order valence-corrected chi connectivity index (χ4v) is 0.780. The van der Waals surface area contributed by atoms with Crippen molar-refractivity contribution in [2.75, 3.05) is 0 Å². The lowest BCUT2D eigenvalue weighted by atomic mass is 10.2. The molecule has 11 heavy (non-hydrogen) atoms. The Kier molecular flexibility index (Phi) is 15.1. The molecule has 0 fully saturated rings. The maximum absolute atomic E-state index is 3.74. The van der Waals surface area contributed by atoms with E-state index in [0.717, 1.165) is 0 Å². The molecule has 0 radical (unpaired) electrons. The Morgan fingerprint density at radius 1 is 1.00 bits per heavy atom. The molecule has 0 rings (SSSR count). The summed E-state index contributed by atoms with van der Waals surface area (Å²) in [6.07, 6.45) is 6.49. The van der Waals surface area contributed by atoms with Crippen LogP contribution in [0.25, 0.3) is 0 Å². The molecule has 68 valence electrons. The first-order valence-corrected chi connectivity index (χ1v) is 4.83. The summed E-state index contributed by atoms with van der Waals surface area (Å²) in [6.45, 7) is 12.4. The van der Waals surface area contributed by atoms with Crippen LogP contribution in [0.2, 0.25) is 0 Å². The number of hydrogen-bond acceptors (Lipinski definition) is 0. The largest absolute Gasteiger partial charge is 0.100 e. The van der Waals surface area contributed by atoms with Crippen LogP contribution in [0.1, 0.15) is 59.8 Å². The van der Waals surface area contributed by atoms with E-state index in [0.29, 0.717) is 0 Å². The van der Waals surface area contributed by atoms with Crippen molar-refractivity contribution in [2.24, 2.45) is 0 Å². The van der Waals surface area contributed by atoms with Crippen molar-refractivity contribution < 1.29 is 0 Å². The van der Waals surface area contributed by atoms with Gasteiger partial charge in [0.15, 0.2) is 0 Å². The van der Waals surface area contributed by atoms with Gasteiger partial charge in [0.1, 0.15) is 0 Å². The summed E-state index contributed by atoms with van der Waals surface area (Å²) in [5.74, 6) is 0. The molecule has 0 N–H and O–H groups in total. The molecule has 0 aliphatic heterocycles. The molecule has 0 heteroatoms. The van der Waals surface area contributed by atoms with Gasteiger partial charge < -0.3 is 0 Å². The minimum atomic E-state index is 1.18. The first kappa shape index (κ1) is 13.3. The van der Waals surface area contributed by atoms with E-state index in [4.69, 9.17) is 0 Å². The van der Waals surface area contributed by atoms with Gasteiger partial charge >= 0.3 is 0 Å². The van der Waals surface area contributed by atoms with Gasteiger partial charge in [0.05, 0.1) is 0 Å². The zero-order valence-corrected chi connectivity index (χ0v) is 8.74. The quantitative estimate of drug-likeness (QED) is 0.523. The fourth-order valence-electron chi connectivity index (χ4n) is 0.780. The molecule has 0 saturated heterocycles. The highest BCUT2D eigenvalue weighted by atomic mass is 13.8.